The van der Waals surface area contributed by atoms with Gasteiger partial charge in [0.25, 0.3) is 0 Å². The van der Waals surface area contributed by atoms with Gasteiger partial charge in [0.2, 0.25) is 15.9 Å². The third-order valence-electron chi connectivity index (χ3n) is 6.50. The molecule has 1 fully saturated rings. The van der Waals surface area contributed by atoms with Crippen molar-refractivity contribution < 1.29 is 18.3 Å². The molecule has 7 nitrogen and oxygen atoms in total. The van der Waals surface area contributed by atoms with E-state index in [4.69, 9.17) is 34.8 Å². The number of hydrogen-bond donors (Lipinski definition) is 2. The summed E-state index contributed by atoms with van der Waals surface area (Å²) in [6, 6.07) is 11.9. The number of carbonyl (C=O) groups is 1. The van der Waals surface area contributed by atoms with Crippen LogP contribution in [0.15, 0.2) is 42.5 Å². The molecule has 2 aromatic rings. The summed E-state index contributed by atoms with van der Waals surface area (Å²) in [4.78, 5) is 15.6. The number of amides is 1. The molecule has 0 saturated carbocycles. The van der Waals surface area contributed by atoms with E-state index in [0.29, 0.717) is 65.3 Å². The highest BCUT2D eigenvalue weighted by Gasteiger charge is 2.36. The largest absolute Gasteiger partial charge is 0.387 e. The van der Waals surface area contributed by atoms with Crippen LogP contribution in [-0.4, -0.2) is 74.2 Å². The van der Waals surface area contributed by atoms with Crippen molar-refractivity contribution in [2.45, 2.75) is 24.9 Å². The van der Waals surface area contributed by atoms with Crippen LogP contribution < -0.4 is 5.32 Å². The summed E-state index contributed by atoms with van der Waals surface area (Å²) in [6.07, 6.45) is 0.790. The summed E-state index contributed by atoms with van der Waals surface area (Å²) < 4.78 is 25.1. The van der Waals surface area contributed by atoms with Gasteiger partial charge < -0.3 is 15.3 Å². The Morgan fingerprint density at radius 1 is 1.06 bits per heavy atom. The average molecular weight is 563 g/mol. The van der Waals surface area contributed by atoms with Gasteiger partial charge in [0.1, 0.15) is 0 Å². The van der Waals surface area contributed by atoms with E-state index < -0.39 is 21.5 Å². The predicted octanol–water partition coefficient (Wildman–Crippen LogP) is 3.72. The van der Waals surface area contributed by atoms with Crippen molar-refractivity contribution in [2.75, 3.05) is 45.5 Å². The van der Waals surface area contributed by atoms with Crippen LogP contribution in [0.5, 0.6) is 0 Å². The van der Waals surface area contributed by atoms with Crippen LogP contribution in [0.1, 0.15) is 30.6 Å². The van der Waals surface area contributed by atoms with Gasteiger partial charge in [-0.05, 0) is 55.3 Å². The predicted molar refractivity (Wildman–Crippen MR) is 141 cm³/mol. The summed E-state index contributed by atoms with van der Waals surface area (Å²) in [5.74, 6) is -0.251. The molecule has 192 valence electrons. The van der Waals surface area contributed by atoms with Gasteiger partial charge in [0.15, 0.2) is 0 Å². The number of nitrogens with one attached hydrogen (secondary N) is 1. The third kappa shape index (κ3) is 7.32. The van der Waals surface area contributed by atoms with Crippen LogP contribution in [0.4, 0.5) is 0 Å². The normalized spacial score (nSPS) is 18.1. The number of aliphatic hydroxyl groups is 1. The van der Waals surface area contributed by atoms with Crippen molar-refractivity contribution in [1.82, 2.24) is 14.5 Å². The Bertz CT molecular complexity index is 1140. The molecule has 2 aromatic carbocycles. The summed E-state index contributed by atoms with van der Waals surface area (Å²) in [5, 5.41) is 14.7. The SMILES string of the molecule is CC(CCN1CCN(S(C)(=O)=O)CC1)(C(=O)NC[C@@H](O)c1ccc(Cl)cc1)c1ccc(Cl)c(Cl)c1. The van der Waals surface area contributed by atoms with Gasteiger partial charge in [-0.25, -0.2) is 8.42 Å². The molecule has 11 heteroatoms. The number of benzene rings is 2. The van der Waals surface area contributed by atoms with E-state index in [1.165, 1.54) is 10.6 Å². The Morgan fingerprint density at radius 3 is 2.26 bits per heavy atom. The van der Waals surface area contributed by atoms with E-state index >= 15 is 0 Å². The molecule has 0 radical (unpaired) electrons. The topological polar surface area (TPSA) is 90.0 Å². The van der Waals surface area contributed by atoms with Crippen molar-refractivity contribution in [3.63, 3.8) is 0 Å². The first-order valence-corrected chi connectivity index (χ1v) is 14.2. The second-order valence-electron chi connectivity index (χ2n) is 8.99. The number of hydrogen-bond acceptors (Lipinski definition) is 5. The van der Waals surface area contributed by atoms with Gasteiger partial charge in [-0.3, -0.25) is 4.79 Å². The zero-order valence-corrected chi connectivity index (χ0v) is 22.8. The van der Waals surface area contributed by atoms with Crippen LogP contribution in [0.2, 0.25) is 15.1 Å². The molecule has 0 aromatic heterocycles. The van der Waals surface area contributed by atoms with Crippen LogP contribution in [-0.2, 0) is 20.2 Å². The summed E-state index contributed by atoms with van der Waals surface area (Å²) in [7, 11) is -3.21. The van der Waals surface area contributed by atoms with Gasteiger partial charge in [-0.1, -0.05) is 53.0 Å². The van der Waals surface area contributed by atoms with Crippen molar-refractivity contribution in [2.24, 2.45) is 0 Å². The van der Waals surface area contributed by atoms with Gasteiger partial charge in [-0.2, -0.15) is 4.31 Å². The van der Waals surface area contributed by atoms with Crippen molar-refractivity contribution >= 4 is 50.7 Å². The highest BCUT2D eigenvalue weighted by atomic mass is 35.5. The highest BCUT2D eigenvalue weighted by Crippen LogP contribution is 2.33. The maximum Gasteiger partial charge on any atom is 0.230 e. The van der Waals surface area contributed by atoms with Gasteiger partial charge in [0.05, 0.1) is 27.8 Å². The fourth-order valence-corrected chi connectivity index (χ4v) is 5.33. The molecule has 1 unspecified atom stereocenters. The second-order valence-corrected chi connectivity index (χ2v) is 12.2. The number of aliphatic hydroxyl groups excluding tert-OH is 1. The fraction of sp³-hybridized carbons (Fsp3) is 0.458. The number of rotatable bonds is 9. The van der Waals surface area contributed by atoms with Crippen LogP contribution >= 0.6 is 34.8 Å². The smallest absolute Gasteiger partial charge is 0.230 e. The summed E-state index contributed by atoms with van der Waals surface area (Å²) in [5.41, 5.74) is 0.400. The van der Waals surface area contributed by atoms with E-state index in [0.717, 1.165) is 0 Å². The molecular formula is C24H30Cl3N3O4S. The van der Waals surface area contributed by atoms with E-state index in [1.54, 1.807) is 42.5 Å². The van der Waals surface area contributed by atoms with Crippen LogP contribution in [0.3, 0.4) is 0 Å². The van der Waals surface area contributed by atoms with Crippen LogP contribution in [0.25, 0.3) is 0 Å². The Labute approximate surface area is 222 Å². The van der Waals surface area contributed by atoms with Crippen molar-refractivity contribution in [3.05, 3.63) is 68.7 Å². The van der Waals surface area contributed by atoms with Crippen LogP contribution in [0, 0.1) is 0 Å². The van der Waals surface area contributed by atoms with E-state index in [9.17, 15) is 18.3 Å². The highest BCUT2D eigenvalue weighted by molar-refractivity contribution is 7.88. The Balaban J connectivity index is 1.72. The maximum atomic E-state index is 13.5. The minimum absolute atomic E-state index is 0.0322. The number of sulfonamides is 1. The lowest BCUT2D eigenvalue weighted by atomic mass is 9.78. The lowest BCUT2D eigenvalue weighted by Crippen LogP contribution is -2.50. The number of carbonyl (C=O) groups excluding carboxylic acids is 1. The molecule has 0 bridgehead atoms. The Hall–Kier alpha value is -1.39. The first-order valence-electron chi connectivity index (χ1n) is 11.2. The molecule has 35 heavy (non-hydrogen) atoms. The first kappa shape index (κ1) is 28.2. The minimum atomic E-state index is -3.21. The Kier molecular flexibility index (Phi) is 9.48. The molecule has 0 aliphatic carbocycles. The molecule has 2 N–H and O–H groups in total. The molecule has 1 aliphatic rings. The molecule has 1 heterocycles. The van der Waals surface area contributed by atoms with E-state index in [1.807, 2.05) is 6.92 Å². The van der Waals surface area contributed by atoms with E-state index in [-0.39, 0.29) is 12.5 Å². The zero-order chi connectivity index (χ0) is 25.8. The molecule has 1 amide bonds. The lowest BCUT2D eigenvalue weighted by molar-refractivity contribution is -0.127. The fourth-order valence-electron chi connectivity index (χ4n) is 4.08. The van der Waals surface area contributed by atoms with E-state index in [2.05, 4.69) is 10.2 Å². The standard InChI is InChI=1S/C24H30Cl3N3O4S/c1-24(18-5-8-20(26)21(27)15-18,9-10-29-11-13-30(14-12-29)35(2,33)34)23(32)28-16-22(31)17-3-6-19(25)7-4-17/h3-8,15,22,31H,9-14,16H2,1-2H3,(H,28,32)/t22-,24?/m1/s1. The molecule has 2 atom stereocenters. The number of piperazine rings is 1. The Morgan fingerprint density at radius 2 is 1.69 bits per heavy atom. The number of nitrogens with zero attached hydrogens (tertiary/aromatic N) is 2. The summed E-state index contributed by atoms with van der Waals surface area (Å²) >= 11 is 18.3. The zero-order valence-electron chi connectivity index (χ0n) is 19.7. The third-order valence-corrected chi connectivity index (χ3v) is 8.79. The van der Waals surface area contributed by atoms with Gasteiger partial charge >= 0.3 is 0 Å². The second kappa shape index (κ2) is 11.8. The molecule has 0 spiro atoms. The molecule has 1 saturated heterocycles. The molecular weight excluding hydrogens is 533 g/mol. The minimum Gasteiger partial charge on any atom is -0.387 e. The molecule has 1 aliphatic heterocycles. The molecule has 3 rings (SSSR count). The quantitative estimate of drug-likeness (QED) is 0.486. The number of halogens is 3. The maximum absolute atomic E-state index is 13.5. The monoisotopic (exact) mass is 561 g/mol. The lowest BCUT2D eigenvalue weighted by Gasteiger charge is -2.36. The first-order chi connectivity index (χ1) is 16.4. The van der Waals surface area contributed by atoms with Crippen molar-refractivity contribution in [1.29, 1.82) is 0 Å². The summed E-state index contributed by atoms with van der Waals surface area (Å²) in [6.45, 7) is 4.46. The van der Waals surface area contributed by atoms with Gasteiger partial charge in [0, 0.05) is 37.7 Å². The van der Waals surface area contributed by atoms with Gasteiger partial charge in [-0.15, -0.1) is 0 Å². The average Bonchev–Trinajstić information content (AvgIpc) is 2.82. The van der Waals surface area contributed by atoms with Crippen molar-refractivity contribution in [3.8, 4) is 0 Å².